The topological polar surface area (TPSA) is 156 Å². The van der Waals surface area contributed by atoms with Crippen LogP contribution in [-0.4, -0.2) is 89.4 Å². The summed E-state index contributed by atoms with van der Waals surface area (Å²) in [7, 11) is -2.83. The number of rotatable bonds is 14. The number of carbonyl (C=O) groups is 4. The van der Waals surface area contributed by atoms with Crippen molar-refractivity contribution in [3.05, 3.63) is 89.1 Å². The Morgan fingerprint density at radius 2 is 1.81 bits per heavy atom. The van der Waals surface area contributed by atoms with Crippen molar-refractivity contribution in [2.45, 2.75) is 88.4 Å². The first kappa shape index (κ1) is 40.9. The van der Waals surface area contributed by atoms with Crippen LogP contribution in [-0.2, 0) is 23.7 Å². The summed E-state index contributed by atoms with van der Waals surface area (Å²) in [6, 6.07) is 13.7. The molecule has 0 bridgehead atoms. The number of para-hydroxylation sites is 1. The molecule has 3 aliphatic heterocycles. The number of hydrogen-bond acceptors (Lipinski definition) is 10. The van der Waals surface area contributed by atoms with E-state index in [4.69, 9.17) is 14.0 Å². The number of likely N-dealkylation sites (tertiary alicyclic amines) is 1. The summed E-state index contributed by atoms with van der Waals surface area (Å²) in [5, 5.41) is 6.15. The number of methoxy groups -OCH3 is 1. The summed E-state index contributed by atoms with van der Waals surface area (Å²) in [6.07, 6.45) is 7.73. The van der Waals surface area contributed by atoms with Crippen molar-refractivity contribution in [1.82, 2.24) is 25.2 Å². The van der Waals surface area contributed by atoms with Gasteiger partial charge in [0.2, 0.25) is 17.7 Å². The van der Waals surface area contributed by atoms with Crippen molar-refractivity contribution in [2.75, 3.05) is 26.8 Å². The van der Waals surface area contributed by atoms with Gasteiger partial charge < -0.3 is 29.1 Å². The van der Waals surface area contributed by atoms with Gasteiger partial charge in [-0.2, -0.15) is 0 Å². The van der Waals surface area contributed by atoms with Crippen LogP contribution in [0.25, 0.3) is 10.1 Å². The normalized spacial score (nSPS) is 24.7. The van der Waals surface area contributed by atoms with Gasteiger partial charge in [0.1, 0.15) is 29.6 Å². The van der Waals surface area contributed by atoms with Crippen LogP contribution in [0, 0.1) is 11.8 Å². The van der Waals surface area contributed by atoms with Crippen LogP contribution >= 0.6 is 18.9 Å². The van der Waals surface area contributed by atoms with Gasteiger partial charge in [-0.1, -0.05) is 31.2 Å². The summed E-state index contributed by atoms with van der Waals surface area (Å²) in [6.45, 7) is 4.49. The number of fused-ring (bicyclic) bond motifs is 3. The molecule has 8 atom stereocenters. The van der Waals surface area contributed by atoms with Gasteiger partial charge in [-0.3, -0.25) is 28.7 Å². The fourth-order valence-corrected chi connectivity index (χ4v) is 11.6. The molecule has 3 amide bonds. The molecule has 0 spiro atoms. The lowest BCUT2D eigenvalue weighted by atomic mass is 9.91. The van der Waals surface area contributed by atoms with E-state index in [1.807, 2.05) is 17.9 Å². The molecule has 4 aliphatic rings. The van der Waals surface area contributed by atoms with Crippen molar-refractivity contribution in [3.63, 3.8) is 0 Å². The highest BCUT2D eigenvalue weighted by molar-refractivity contribution is 7.57. The summed E-state index contributed by atoms with van der Waals surface area (Å²) in [5.74, 6) is -1.82. The molecule has 2 aromatic heterocycles. The molecule has 8 rings (SSSR count). The third-order valence-electron chi connectivity index (χ3n) is 12.0. The smallest absolute Gasteiger partial charge is 0.355 e. The van der Waals surface area contributed by atoms with Gasteiger partial charge >= 0.3 is 13.5 Å². The second kappa shape index (κ2) is 17.0. The van der Waals surface area contributed by atoms with E-state index in [1.54, 1.807) is 66.9 Å². The number of halogens is 1. The van der Waals surface area contributed by atoms with E-state index in [0.29, 0.717) is 59.2 Å². The number of nitrogens with zero attached hydrogens (tertiary/aromatic N) is 3. The molecule has 2 unspecified atom stereocenters. The number of aromatic nitrogens is 1. The number of pyridine rings is 1. The Hall–Kier alpha value is -4.85. The van der Waals surface area contributed by atoms with E-state index in [9.17, 15) is 23.7 Å². The number of ether oxygens (including phenoxy) is 2. The van der Waals surface area contributed by atoms with Gasteiger partial charge in [0, 0.05) is 47.7 Å². The minimum absolute atomic E-state index is 0.0296. The Kier molecular flexibility index (Phi) is 11.8. The van der Waals surface area contributed by atoms with Gasteiger partial charge in [0.05, 0.1) is 18.6 Å². The van der Waals surface area contributed by atoms with Crippen molar-refractivity contribution >= 4 is 52.6 Å². The molecular formula is C43H49FN5O8PS. The maximum Gasteiger partial charge on any atom is 0.355 e. The molecule has 5 heterocycles. The lowest BCUT2D eigenvalue weighted by Gasteiger charge is -2.43. The van der Waals surface area contributed by atoms with Crippen LogP contribution in [0.5, 0.6) is 11.5 Å². The van der Waals surface area contributed by atoms with Gasteiger partial charge in [-0.05, 0) is 105 Å². The SMILES string of the molecule is CCCOC(=O)[C@H](C)NP(=O)(Oc1ccccc1)C(F)c1ccc2sc(C(=O)N[C@H]3C[C@H]4C[C@H]4C[C@H]4CC[C@@H](C(=O)N5CC(c6cnccc6OC)C5)N4C3=O)cc2c1. The predicted molar refractivity (Wildman–Crippen MR) is 220 cm³/mol. The highest BCUT2D eigenvalue weighted by atomic mass is 32.1. The highest BCUT2D eigenvalue weighted by Gasteiger charge is 2.52. The zero-order valence-electron chi connectivity index (χ0n) is 33.3. The molecule has 312 valence electrons. The molecule has 13 nitrogen and oxygen atoms in total. The highest BCUT2D eigenvalue weighted by Crippen LogP contribution is 2.58. The molecular weight excluding hydrogens is 797 g/mol. The third kappa shape index (κ3) is 8.47. The van der Waals surface area contributed by atoms with Crippen LogP contribution in [0.2, 0.25) is 0 Å². The van der Waals surface area contributed by atoms with E-state index >= 15 is 4.39 Å². The Labute approximate surface area is 346 Å². The molecule has 1 saturated carbocycles. The second-order valence-corrected chi connectivity index (χ2v) is 19.2. The minimum Gasteiger partial charge on any atom is -0.496 e. The summed E-state index contributed by atoms with van der Waals surface area (Å²) in [4.78, 5) is 63.1. The van der Waals surface area contributed by atoms with Crippen molar-refractivity contribution in [3.8, 4) is 11.5 Å². The first-order valence-corrected chi connectivity index (χ1v) is 22.8. The van der Waals surface area contributed by atoms with Crippen LogP contribution in [0.3, 0.4) is 0 Å². The predicted octanol–water partition coefficient (Wildman–Crippen LogP) is 6.99. The van der Waals surface area contributed by atoms with Crippen molar-refractivity contribution < 1.29 is 42.1 Å². The second-order valence-electron chi connectivity index (χ2n) is 16.1. The van der Waals surface area contributed by atoms with Crippen LogP contribution in [0.4, 0.5) is 4.39 Å². The standard InChI is InChI=1S/C43H49FN5O8PS/c1-4-16-56-43(53)25(2)47-58(54,57-32-8-6-5-7-9-32)39(44)26-10-13-37-29(17-26)21-38(59-37)40(50)46-34-20-28-18-27(28)19-31-11-12-35(49(31)41(34)51)42(52)48-23-30(24-48)33-22-45-15-14-36(33)55-3/h5-10,13-15,17,21-22,25,27-28,30-31,34-35,39H,4,11-12,16,18-20,23-24H2,1-3H3,(H,46,50)(H,47,54)/t25-,27-,28+,31+,34-,35-,39?,58?/m0/s1. The Bertz CT molecular complexity index is 2270. The third-order valence-corrected chi connectivity index (χ3v) is 15.2. The summed E-state index contributed by atoms with van der Waals surface area (Å²) in [5.41, 5.74) is 0.988. The van der Waals surface area contributed by atoms with Crippen molar-refractivity contribution in [2.24, 2.45) is 11.8 Å². The number of benzene rings is 2. The Balaban J connectivity index is 0.973. The quantitative estimate of drug-likeness (QED) is 0.100. The van der Waals surface area contributed by atoms with Gasteiger partial charge in [0.15, 0.2) is 0 Å². The molecule has 4 aromatic rings. The average molecular weight is 846 g/mol. The van der Waals surface area contributed by atoms with E-state index < -0.39 is 43.4 Å². The Morgan fingerprint density at radius 1 is 1.03 bits per heavy atom. The van der Waals surface area contributed by atoms with E-state index in [0.717, 1.165) is 30.6 Å². The number of carbonyl (C=O) groups excluding carboxylic acids is 4. The van der Waals surface area contributed by atoms with E-state index in [1.165, 1.54) is 30.4 Å². The first-order valence-electron chi connectivity index (χ1n) is 20.3. The number of thiophene rings is 1. The minimum atomic E-state index is -4.44. The first-order chi connectivity index (χ1) is 28.5. The average Bonchev–Trinajstić information content (AvgIpc) is 3.57. The number of alkyl halides is 1. The van der Waals surface area contributed by atoms with Gasteiger partial charge in [0.25, 0.3) is 5.91 Å². The fraction of sp³-hybridized carbons (Fsp3) is 0.465. The number of esters is 1. The van der Waals surface area contributed by atoms with E-state index in [2.05, 4.69) is 15.4 Å². The molecule has 3 saturated heterocycles. The molecule has 2 aromatic carbocycles. The van der Waals surface area contributed by atoms with Crippen LogP contribution in [0.1, 0.15) is 85.0 Å². The maximum atomic E-state index is 16.5. The largest absolute Gasteiger partial charge is 0.496 e. The molecule has 0 radical (unpaired) electrons. The fourth-order valence-electron chi connectivity index (χ4n) is 8.76. The lowest BCUT2D eigenvalue weighted by Crippen LogP contribution is -2.59. The molecule has 4 fully saturated rings. The summed E-state index contributed by atoms with van der Waals surface area (Å²) >= 11 is 1.20. The van der Waals surface area contributed by atoms with E-state index in [-0.39, 0.29) is 41.7 Å². The Morgan fingerprint density at radius 3 is 2.58 bits per heavy atom. The van der Waals surface area contributed by atoms with Crippen LogP contribution in [0.15, 0.2) is 73.1 Å². The number of hydrogen-bond donors (Lipinski definition) is 2. The summed E-state index contributed by atoms with van der Waals surface area (Å²) < 4.78 is 48.0. The molecule has 59 heavy (non-hydrogen) atoms. The van der Waals surface area contributed by atoms with Gasteiger partial charge in [-0.25, -0.2) is 9.48 Å². The number of nitrogens with one attached hydrogen (secondary N) is 2. The zero-order valence-corrected chi connectivity index (χ0v) is 35.0. The molecule has 1 aliphatic carbocycles. The van der Waals surface area contributed by atoms with Crippen molar-refractivity contribution in [1.29, 1.82) is 0 Å². The van der Waals surface area contributed by atoms with Gasteiger partial charge in [-0.15, -0.1) is 11.3 Å². The lowest BCUT2D eigenvalue weighted by molar-refractivity contribution is -0.149. The monoisotopic (exact) mass is 845 g/mol. The zero-order chi connectivity index (χ0) is 41.4. The maximum absolute atomic E-state index is 16.5. The molecule has 16 heteroatoms. The number of amides is 3. The molecule has 2 N–H and O–H groups in total. The van der Waals surface area contributed by atoms with Crippen LogP contribution < -0.4 is 19.7 Å².